The number of aliphatic carboxylic acids is 1. The van der Waals surface area contributed by atoms with Crippen molar-refractivity contribution < 1.29 is 18.7 Å². The van der Waals surface area contributed by atoms with Crippen molar-refractivity contribution in [3.63, 3.8) is 0 Å². The smallest absolute Gasteiger partial charge is 0.309 e. The van der Waals surface area contributed by atoms with Crippen molar-refractivity contribution in [3.05, 3.63) is 41.7 Å². The maximum absolute atomic E-state index is 13.5. The van der Waals surface area contributed by atoms with Crippen LogP contribution in [0.15, 0.2) is 24.4 Å². The van der Waals surface area contributed by atoms with Gasteiger partial charge in [0.1, 0.15) is 5.69 Å². The molecule has 0 aliphatic carbocycles. The van der Waals surface area contributed by atoms with E-state index in [2.05, 4.69) is 10.3 Å². The van der Waals surface area contributed by atoms with Gasteiger partial charge in [-0.3, -0.25) is 4.79 Å². The van der Waals surface area contributed by atoms with Crippen molar-refractivity contribution in [1.29, 1.82) is 0 Å². The Morgan fingerprint density at radius 2 is 2.00 bits per heavy atom. The number of halogens is 2. The quantitative estimate of drug-likeness (QED) is 0.873. The summed E-state index contributed by atoms with van der Waals surface area (Å²) in [5.41, 5.74) is -0.331. The molecule has 0 fully saturated rings. The number of carboxylic acid groups (broad SMARTS) is 1. The highest BCUT2D eigenvalue weighted by Gasteiger charge is 2.16. The van der Waals surface area contributed by atoms with Crippen LogP contribution in [-0.4, -0.2) is 26.1 Å². The van der Waals surface area contributed by atoms with Crippen molar-refractivity contribution >= 4 is 5.97 Å². The van der Waals surface area contributed by atoms with E-state index in [1.54, 1.807) is 0 Å². The number of hydrogen-bond donors (Lipinski definition) is 1. The molecule has 7 heteroatoms. The standard InChI is InChI=1S/C10H7F2N3O2/c11-7-2-1-3-8(12)10(7)15-6(4-9(16)17)5-13-14-15/h1-3,5H,4H2,(H,16,17). The predicted octanol–water partition coefficient (Wildman–Crippen LogP) is 1.17. The molecule has 0 aliphatic heterocycles. The van der Waals surface area contributed by atoms with Gasteiger partial charge in [0.2, 0.25) is 0 Å². The summed E-state index contributed by atoms with van der Waals surface area (Å²) in [6.07, 6.45) is 0.737. The van der Waals surface area contributed by atoms with Gasteiger partial charge in [-0.2, -0.15) is 0 Å². The van der Waals surface area contributed by atoms with Crippen LogP contribution in [-0.2, 0) is 11.2 Å². The maximum atomic E-state index is 13.5. The Morgan fingerprint density at radius 3 is 2.59 bits per heavy atom. The van der Waals surface area contributed by atoms with E-state index in [9.17, 15) is 13.6 Å². The summed E-state index contributed by atoms with van der Waals surface area (Å²) in [6, 6.07) is 3.33. The van der Waals surface area contributed by atoms with E-state index in [-0.39, 0.29) is 5.69 Å². The summed E-state index contributed by atoms with van der Waals surface area (Å²) in [7, 11) is 0. The van der Waals surface area contributed by atoms with Gasteiger partial charge in [0.25, 0.3) is 0 Å². The number of carboxylic acids is 1. The Labute approximate surface area is 94.3 Å². The summed E-state index contributed by atoms with van der Waals surface area (Å²) >= 11 is 0. The largest absolute Gasteiger partial charge is 0.481 e. The third-order valence-corrected chi connectivity index (χ3v) is 2.10. The fraction of sp³-hybridized carbons (Fsp3) is 0.100. The Bertz CT molecular complexity index is 548. The van der Waals surface area contributed by atoms with Crippen molar-refractivity contribution in [2.24, 2.45) is 0 Å². The molecule has 0 bridgehead atoms. The Morgan fingerprint density at radius 1 is 1.35 bits per heavy atom. The second-order valence-corrected chi connectivity index (χ2v) is 3.28. The lowest BCUT2D eigenvalue weighted by atomic mass is 10.2. The first-order valence-electron chi connectivity index (χ1n) is 4.65. The van der Waals surface area contributed by atoms with Crippen LogP contribution in [0.5, 0.6) is 0 Å². The minimum Gasteiger partial charge on any atom is -0.481 e. The average molecular weight is 239 g/mol. The van der Waals surface area contributed by atoms with Gasteiger partial charge in [0.05, 0.1) is 18.3 Å². The molecule has 2 rings (SSSR count). The molecule has 1 aromatic heterocycles. The van der Waals surface area contributed by atoms with Gasteiger partial charge in [0, 0.05) is 0 Å². The molecular formula is C10H7F2N3O2. The highest BCUT2D eigenvalue weighted by atomic mass is 19.1. The second-order valence-electron chi connectivity index (χ2n) is 3.28. The zero-order chi connectivity index (χ0) is 12.4. The van der Waals surface area contributed by atoms with E-state index in [0.717, 1.165) is 23.0 Å². The van der Waals surface area contributed by atoms with Crippen LogP contribution in [0.4, 0.5) is 8.78 Å². The van der Waals surface area contributed by atoms with Gasteiger partial charge in [-0.25, -0.2) is 13.5 Å². The fourth-order valence-corrected chi connectivity index (χ4v) is 1.41. The molecule has 0 unspecified atom stereocenters. The van der Waals surface area contributed by atoms with Crippen LogP contribution < -0.4 is 0 Å². The van der Waals surface area contributed by atoms with E-state index in [1.807, 2.05) is 0 Å². The van der Waals surface area contributed by atoms with Gasteiger partial charge < -0.3 is 5.11 Å². The number of carbonyl (C=O) groups is 1. The molecule has 17 heavy (non-hydrogen) atoms. The molecule has 1 aromatic carbocycles. The van der Waals surface area contributed by atoms with Gasteiger partial charge in [-0.05, 0) is 12.1 Å². The predicted molar refractivity (Wildman–Crippen MR) is 52.6 cm³/mol. The Hall–Kier alpha value is -2.31. The van der Waals surface area contributed by atoms with Crippen molar-refractivity contribution in [3.8, 4) is 5.69 Å². The molecular weight excluding hydrogens is 232 g/mol. The number of para-hydroxylation sites is 1. The van der Waals surface area contributed by atoms with Crippen molar-refractivity contribution in [2.75, 3.05) is 0 Å². The summed E-state index contributed by atoms with van der Waals surface area (Å²) in [5, 5.41) is 15.6. The first kappa shape index (κ1) is 11.2. The molecule has 0 spiro atoms. The first-order valence-corrected chi connectivity index (χ1v) is 4.65. The minimum absolute atomic E-state index is 0.0986. The van der Waals surface area contributed by atoms with Crippen molar-refractivity contribution in [1.82, 2.24) is 15.0 Å². The Balaban J connectivity index is 2.53. The third kappa shape index (κ3) is 2.12. The van der Waals surface area contributed by atoms with Crippen LogP contribution >= 0.6 is 0 Å². The topological polar surface area (TPSA) is 68.0 Å². The fourth-order valence-electron chi connectivity index (χ4n) is 1.41. The van der Waals surface area contributed by atoms with E-state index in [0.29, 0.717) is 0 Å². The molecule has 0 radical (unpaired) electrons. The minimum atomic E-state index is -1.13. The monoisotopic (exact) mass is 239 g/mol. The summed E-state index contributed by atoms with van der Waals surface area (Å²) in [4.78, 5) is 10.6. The van der Waals surface area contributed by atoms with E-state index in [1.165, 1.54) is 6.07 Å². The highest BCUT2D eigenvalue weighted by molar-refractivity contribution is 5.69. The number of hydrogen-bond acceptors (Lipinski definition) is 3. The Kier molecular flexibility index (Phi) is 2.82. The molecule has 1 N–H and O–H groups in total. The molecule has 0 aliphatic rings. The van der Waals surface area contributed by atoms with Gasteiger partial charge in [-0.1, -0.05) is 11.3 Å². The lowest BCUT2D eigenvalue weighted by molar-refractivity contribution is -0.136. The zero-order valence-corrected chi connectivity index (χ0v) is 8.47. The number of aromatic nitrogens is 3. The molecule has 1 heterocycles. The van der Waals surface area contributed by atoms with Crippen LogP contribution in [0, 0.1) is 11.6 Å². The normalized spacial score (nSPS) is 10.5. The van der Waals surface area contributed by atoms with Gasteiger partial charge >= 0.3 is 5.97 Å². The highest BCUT2D eigenvalue weighted by Crippen LogP contribution is 2.18. The molecule has 88 valence electrons. The van der Waals surface area contributed by atoms with Crippen molar-refractivity contribution in [2.45, 2.75) is 6.42 Å². The van der Waals surface area contributed by atoms with Crippen LogP contribution in [0.1, 0.15) is 5.69 Å². The van der Waals surface area contributed by atoms with E-state index < -0.39 is 29.7 Å². The summed E-state index contributed by atoms with van der Waals surface area (Å²) < 4.78 is 27.8. The molecule has 5 nitrogen and oxygen atoms in total. The summed E-state index contributed by atoms with van der Waals surface area (Å²) in [6.45, 7) is 0. The number of benzene rings is 1. The summed E-state index contributed by atoms with van der Waals surface area (Å²) in [5.74, 6) is -2.80. The molecule has 0 saturated carbocycles. The lowest BCUT2D eigenvalue weighted by Gasteiger charge is -2.06. The average Bonchev–Trinajstić information content (AvgIpc) is 2.65. The van der Waals surface area contributed by atoms with Crippen LogP contribution in [0.25, 0.3) is 5.69 Å². The second kappa shape index (κ2) is 4.28. The lowest BCUT2D eigenvalue weighted by Crippen LogP contribution is -2.10. The molecule has 2 aromatic rings. The van der Waals surface area contributed by atoms with Crippen LogP contribution in [0.2, 0.25) is 0 Å². The van der Waals surface area contributed by atoms with Gasteiger partial charge in [0.15, 0.2) is 11.6 Å². The maximum Gasteiger partial charge on any atom is 0.309 e. The number of rotatable bonds is 3. The zero-order valence-electron chi connectivity index (χ0n) is 8.47. The van der Waals surface area contributed by atoms with E-state index >= 15 is 0 Å². The number of nitrogens with zero attached hydrogens (tertiary/aromatic N) is 3. The SMILES string of the molecule is O=C(O)Cc1cnnn1-c1c(F)cccc1F. The van der Waals surface area contributed by atoms with Gasteiger partial charge in [-0.15, -0.1) is 5.10 Å². The molecule has 0 saturated heterocycles. The van der Waals surface area contributed by atoms with E-state index in [4.69, 9.17) is 5.11 Å². The first-order chi connectivity index (χ1) is 8.09. The molecule has 0 atom stereocenters. The van der Waals surface area contributed by atoms with Crippen LogP contribution in [0.3, 0.4) is 0 Å². The molecule has 0 amide bonds. The third-order valence-electron chi connectivity index (χ3n) is 2.10.